The standard InChI is InChI=1S/C16H28N4O2/c21-16(13-18-8-10-22-11-9-18)14-19-6-2-1-4-15(19)12-20-7-3-5-17-20/h3,5,7,15-16,21H,1-2,4,6,8-14H2/t15-,16-/m1/s1. The van der Waals surface area contributed by atoms with Crippen molar-refractivity contribution in [2.24, 2.45) is 0 Å². The highest BCUT2D eigenvalue weighted by Gasteiger charge is 2.25. The number of hydrogen-bond donors (Lipinski definition) is 1. The molecule has 1 aromatic heterocycles. The fourth-order valence-corrected chi connectivity index (χ4v) is 3.54. The van der Waals surface area contributed by atoms with Gasteiger partial charge in [-0.25, -0.2) is 0 Å². The molecule has 124 valence electrons. The summed E-state index contributed by atoms with van der Waals surface area (Å²) in [6.45, 7) is 7.00. The van der Waals surface area contributed by atoms with Gasteiger partial charge in [0.15, 0.2) is 0 Å². The molecule has 3 heterocycles. The summed E-state index contributed by atoms with van der Waals surface area (Å²) in [4.78, 5) is 4.76. The van der Waals surface area contributed by atoms with E-state index in [1.54, 1.807) is 0 Å². The second kappa shape index (κ2) is 8.06. The van der Waals surface area contributed by atoms with Crippen LogP contribution < -0.4 is 0 Å². The number of aliphatic hydroxyl groups excluding tert-OH is 1. The molecule has 0 spiro atoms. The summed E-state index contributed by atoms with van der Waals surface area (Å²) in [6.07, 6.45) is 7.29. The first kappa shape index (κ1) is 15.9. The lowest BCUT2D eigenvalue weighted by Crippen LogP contribution is -2.49. The van der Waals surface area contributed by atoms with Gasteiger partial charge in [0.1, 0.15) is 0 Å². The maximum atomic E-state index is 10.5. The molecule has 0 unspecified atom stereocenters. The van der Waals surface area contributed by atoms with Crippen molar-refractivity contribution < 1.29 is 9.84 Å². The molecule has 1 N–H and O–H groups in total. The van der Waals surface area contributed by atoms with Gasteiger partial charge in [-0.1, -0.05) is 6.42 Å². The first-order valence-electron chi connectivity index (χ1n) is 8.51. The highest BCUT2D eigenvalue weighted by atomic mass is 16.5. The quantitative estimate of drug-likeness (QED) is 0.826. The van der Waals surface area contributed by atoms with Gasteiger partial charge in [0.05, 0.1) is 25.9 Å². The highest BCUT2D eigenvalue weighted by molar-refractivity contribution is 4.84. The second-order valence-electron chi connectivity index (χ2n) is 6.44. The second-order valence-corrected chi connectivity index (χ2v) is 6.44. The van der Waals surface area contributed by atoms with Crippen LogP contribution in [0.15, 0.2) is 18.5 Å². The summed E-state index contributed by atoms with van der Waals surface area (Å²) in [7, 11) is 0. The fraction of sp³-hybridized carbons (Fsp3) is 0.812. The molecule has 2 saturated heterocycles. The van der Waals surface area contributed by atoms with Gasteiger partial charge in [0.2, 0.25) is 0 Å². The zero-order valence-electron chi connectivity index (χ0n) is 13.3. The molecule has 0 radical (unpaired) electrons. The van der Waals surface area contributed by atoms with Crippen LogP contribution in [0.5, 0.6) is 0 Å². The Hall–Kier alpha value is -0.950. The Bertz CT molecular complexity index is 420. The van der Waals surface area contributed by atoms with E-state index in [1.807, 2.05) is 23.1 Å². The molecule has 2 atom stereocenters. The van der Waals surface area contributed by atoms with E-state index >= 15 is 0 Å². The van der Waals surface area contributed by atoms with Crippen molar-refractivity contribution in [3.8, 4) is 0 Å². The Balaban J connectivity index is 1.49. The normalized spacial score (nSPS) is 26.1. The van der Waals surface area contributed by atoms with E-state index < -0.39 is 0 Å². The Morgan fingerprint density at radius 3 is 2.82 bits per heavy atom. The van der Waals surface area contributed by atoms with Gasteiger partial charge in [0.25, 0.3) is 0 Å². The van der Waals surface area contributed by atoms with E-state index in [0.29, 0.717) is 6.04 Å². The summed E-state index contributed by atoms with van der Waals surface area (Å²) in [6, 6.07) is 2.47. The molecule has 0 aromatic carbocycles. The lowest BCUT2D eigenvalue weighted by molar-refractivity contribution is -0.00183. The SMILES string of the molecule is O[C@H](CN1CCOCC1)CN1CCCC[C@@H]1Cn1cccn1. The van der Waals surface area contributed by atoms with E-state index in [9.17, 15) is 5.11 Å². The average molecular weight is 308 g/mol. The fourth-order valence-electron chi connectivity index (χ4n) is 3.54. The molecular weight excluding hydrogens is 280 g/mol. The number of piperidine rings is 1. The minimum atomic E-state index is -0.281. The van der Waals surface area contributed by atoms with Crippen molar-refractivity contribution >= 4 is 0 Å². The van der Waals surface area contributed by atoms with Crippen molar-refractivity contribution in [3.63, 3.8) is 0 Å². The third kappa shape index (κ3) is 4.52. The minimum absolute atomic E-state index is 0.281. The lowest BCUT2D eigenvalue weighted by atomic mass is 10.0. The number of aromatic nitrogens is 2. The summed E-state index contributed by atoms with van der Waals surface area (Å²) in [5.41, 5.74) is 0. The third-order valence-corrected chi connectivity index (χ3v) is 4.72. The lowest BCUT2D eigenvalue weighted by Gasteiger charge is -2.38. The van der Waals surface area contributed by atoms with Crippen LogP contribution in [0.1, 0.15) is 19.3 Å². The molecule has 6 heteroatoms. The maximum absolute atomic E-state index is 10.5. The van der Waals surface area contributed by atoms with Gasteiger partial charge in [-0.05, 0) is 25.5 Å². The number of aliphatic hydroxyl groups is 1. The topological polar surface area (TPSA) is 53.8 Å². The molecule has 2 aliphatic rings. The van der Waals surface area contributed by atoms with Gasteiger partial charge in [0, 0.05) is 44.6 Å². The zero-order chi connectivity index (χ0) is 15.2. The van der Waals surface area contributed by atoms with E-state index in [-0.39, 0.29) is 6.10 Å². The number of ether oxygens (including phenoxy) is 1. The van der Waals surface area contributed by atoms with Crippen LogP contribution in [0.25, 0.3) is 0 Å². The van der Waals surface area contributed by atoms with E-state index in [1.165, 1.54) is 19.3 Å². The number of rotatable bonds is 6. The predicted octanol–water partition coefficient (Wildman–Crippen LogP) is 0.431. The molecule has 2 fully saturated rings. The largest absolute Gasteiger partial charge is 0.390 e. The Morgan fingerprint density at radius 2 is 2.05 bits per heavy atom. The molecule has 0 amide bonds. The molecular formula is C16H28N4O2. The minimum Gasteiger partial charge on any atom is -0.390 e. The van der Waals surface area contributed by atoms with Crippen molar-refractivity contribution in [3.05, 3.63) is 18.5 Å². The van der Waals surface area contributed by atoms with Crippen molar-refractivity contribution in [2.45, 2.75) is 38.0 Å². The van der Waals surface area contributed by atoms with E-state index in [0.717, 1.165) is 52.5 Å². The van der Waals surface area contributed by atoms with E-state index in [4.69, 9.17) is 4.74 Å². The van der Waals surface area contributed by atoms with Gasteiger partial charge in [-0.15, -0.1) is 0 Å². The van der Waals surface area contributed by atoms with Gasteiger partial charge in [-0.3, -0.25) is 14.5 Å². The smallest absolute Gasteiger partial charge is 0.0793 e. The van der Waals surface area contributed by atoms with Crippen LogP contribution in [0, 0.1) is 0 Å². The monoisotopic (exact) mass is 308 g/mol. The number of likely N-dealkylation sites (tertiary alicyclic amines) is 1. The maximum Gasteiger partial charge on any atom is 0.0793 e. The van der Waals surface area contributed by atoms with Crippen LogP contribution in [-0.2, 0) is 11.3 Å². The molecule has 0 saturated carbocycles. The summed E-state index contributed by atoms with van der Waals surface area (Å²) < 4.78 is 7.37. The van der Waals surface area contributed by atoms with Crippen LogP contribution >= 0.6 is 0 Å². The summed E-state index contributed by atoms with van der Waals surface area (Å²) in [5.74, 6) is 0. The number of hydrogen-bond acceptors (Lipinski definition) is 5. The van der Waals surface area contributed by atoms with Crippen LogP contribution in [0.4, 0.5) is 0 Å². The third-order valence-electron chi connectivity index (χ3n) is 4.72. The molecule has 6 nitrogen and oxygen atoms in total. The Kier molecular flexibility index (Phi) is 5.83. The highest BCUT2D eigenvalue weighted by Crippen LogP contribution is 2.19. The van der Waals surface area contributed by atoms with Crippen molar-refractivity contribution in [2.75, 3.05) is 45.9 Å². The first-order valence-corrected chi connectivity index (χ1v) is 8.51. The number of morpholine rings is 1. The predicted molar refractivity (Wildman–Crippen MR) is 84.7 cm³/mol. The molecule has 1 aromatic rings. The summed E-state index contributed by atoms with van der Waals surface area (Å²) >= 11 is 0. The van der Waals surface area contributed by atoms with Gasteiger partial charge in [-0.2, -0.15) is 5.10 Å². The van der Waals surface area contributed by atoms with Crippen molar-refractivity contribution in [1.29, 1.82) is 0 Å². The first-order chi connectivity index (χ1) is 10.8. The van der Waals surface area contributed by atoms with Gasteiger partial charge < -0.3 is 9.84 Å². The van der Waals surface area contributed by atoms with Crippen LogP contribution in [0.2, 0.25) is 0 Å². The molecule has 0 bridgehead atoms. The van der Waals surface area contributed by atoms with Crippen molar-refractivity contribution in [1.82, 2.24) is 19.6 Å². The van der Waals surface area contributed by atoms with Crippen LogP contribution in [0.3, 0.4) is 0 Å². The Labute approximate surface area is 132 Å². The molecule has 3 rings (SSSR count). The van der Waals surface area contributed by atoms with E-state index in [2.05, 4.69) is 14.9 Å². The molecule has 0 aliphatic carbocycles. The van der Waals surface area contributed by atoms with Gasteiger partial charge >= 0.3 is 0 Å². The Morgan fingerprint density at radius 1 is 1.18 bits per heavy atom. The number of nitrogens with zero attached hydrogens (tertiary/aromatic N) is 4. The molecule has 22 heavy (non-hydrogen) atoms. The molecule has 2 aliphatic heterocycles. The number of β-amino-alcohol motifs (C(OH)–C–C–N with tert-alkyl or cyclic N) is 1. The zero-order valence-corrected chi connectivity index (χ0v) is 13.3. The average Bonchev–Trinajstić information content (AvgIpc) is 3.03. The summed E-state index contributed by atoms with van der Waals surface area (Å²) in [5, 5.41) is 14.8. The van der Waals surface area contributed by atoms with Crippen LogP contribution in [-0.4, -0.2) is 82.8 Å².